The monoisotopic (exact) mass is 406 g/mol. The van der Waals surface area contributed by atoms with Gasteiger partial charge in [0.1, 0.15) is 23.0 Å². The number of carbonyl (C=O) groups excluding carboxylic acids is 2. The van der Waals surface area contributed by atoms with Gasteiger partial charge in [-0.3, -0.25) is 4.79 Å². The molecule has 152 valence electrons. The molecular formula is C23H18O7. The fourth-order valence-electron chi connectivity index (χ4n) is 3.57. The molecule has 1 aliphatic rings. The maximum atomic E-state index is 11.6. The summed E-state index contributed by atoms with van der Waals surface area (Å²) >= 11 is 0. The average molecular weight is 406 g/mol. The van der Waals surface area contributed by atoms with Crippen molar-refractivity contribution in [1.29, 1.82) is 0 Å². The second kappa shape index (κ2) is 7.79. The van der Waals surface area contributed by atoms with E-state index in [1.165, 1.54) is 19.2 Å². The van der Waals surface area contributed by atoms with Crippen LogP contribution in [0.5, 0.6) is 23.0 Å². The lowest BCUT2D eigenvalue weighted by atomic mass is 9.77. The first kappa shape index (κ1) is 19.3. The first-order chi connectivity index (χ1) is 14.6. The van der Waals surface area contributed by atoms with Crippen molar-refractivity contribution < 1.29 is 33.6 Å². The van der Waals surface area contributed by atoms with Crippen LogP contribution >= 0.6 is 0 Å². The Morgan fingerprint density at radius 3 is 2.43 bits per heavy atom. The maximum Gasteiger partial charge on any atom is 0.343 e. The van der Waals surface area contributed by atoms with Gasteiger partial charge in [0.05, 0.1) is 7.11 Å². The Labute approximate surface area is 172 Å². The maximum absolute atomic E-state index is 11.6. The van der Waals surface area contributed by atoms with Crippen molar-refractivity contribution in [3.8, 4) is 23.0 Å². The summed E-state index contributed by atoms with van der Waals surface area (Å²) in [7, 11) is 1.27. The molecule has 7 heteroatoms. The fraction of sp³-hybridized carbons (Fsp3) is 0.130. The Morgan fingerprint density at radius 2 is 1.73 bits per heavy atom. The number of ether oxygens (including phenoxy) is 4. The van der Waals surface area contributed by atoms with Crippen LogP contribution in [-0.2, 0) is 24.7 Å². The molecule has 0 bridgehead atoms. The van der Waals surface area contributed by atoms with Crippen LogP contribution in [0.25, 0.3) is 0 Å². The molecule has 3 aromatic carbocycles. The molecule has 0 amide bonds. The number of methoxy groups -OCH3 is 1. The molecule has 30 heavy (non-hydrogen) atoms. The average Bonchev–Trinajstić information content (AvgIpc) is 2.77. The van der Waals surface area contributed by atoms with Crippen molar-refractivity contribution in [2.75, 3.05) is 13.7 Å². The van der Waals surface area contributed by atoms with E-state index in [9.17, 15) is 14.7 Å². The number of phenolic OH excluding ortho intramolecular Hbond substituents is 1. The number of hydrogen-bond acceptors (Lipinski definition) is 7. The van der Waals surface area contributed by atoms with Gasteiger partial charge in [0, 0.05) is 28.8 Å². The summed E-state index contributed by atoms with van der Waals surface area (Å²) < 4.78 is 21.8. The predicted molar refractivity (Wildman–Crippen MR) is 106 cm³/mol. The summed E-state index contributed by atoms with van der Waals surface area (Å²) in [5.74, 6) is 0.547. The normalized spacial score (nSPS) is 16.4. The minimum Gasteiger partial charge on any atom is -0.508 e. The second-order valence-electron chi connectivity index (χ2n) is 6.57. The lowest BCUT2D eigenvalue weighted by Gasteiger charge is -2.39. The van der Waals surface area contributed by atoms with E-state index in [1.807, 2.05) is 30.3 Å². The molecule has 0 saturated carbocycles. The number of hydrogen-bond donors (Lipinski definition) is 1. The zero-order chi connectivity index (χ0) is 21.1. The molecule has 4 rings (SSSR count). The molecular weight excluding hydrogens is 388 g/mol. The second-order valence-corrected chi connectivity index (χ2v) is 6.57. The van der Waals surface area contributed by atoms with Gasteiger partial charge in [-0.1, -0.05) is 30.3 Å². The Morgan fingerprint density at radius 1 is 1.03 bits per heavy atom. The lowest BCUT2D eigenvalue weighted by Crippen LogP contribution is -2.35. The van der Waals surface area contributed by atoms with E-state index in [2.05, 4.69) is 4.74 Å². The number of carbonyl (C=O) groups is 2. The summed E-state index contributed by atoms with van der Waals surface area (Å²) in [4.78, 5) is 23.0. The van der Waals surface area contributed by atoms with E-state index >= 15 is 0 Å². The Kier molecular flexibility index (Phi) is 5.02. The Bertz CT molecular complexity index is 1090. The molecule has 7 nitrogen and oxygen atoms in total. The minimum absolute atomic E-state index is 0.00311. The van der Waals surface area contributed by atoms with E-state index in [1.54, 1.807) is 24.3 Å². The van der Waals surface area contributed by atoms with E-state index in [0.29, 0.717) is 40.4 Å². The molecule has 0 fully saturated rings. The van der Waals surface area contributed by atoms with Crippen LogP contribution < -0.4 is 9.47 Å². The van der Waals surface area contributed by atoms with Gasteiger partial charge < -0.3 is 24.1 Å². The van der Waals surface area contributed by atoms with Crippen LogP contribution in [0.1, 0.15) is 16.7 Å². The van der Waals surface area contributed by atoms with E-state index < -0.39 is 11.6 Å². The van der Waals surface area contributed by atoms with Gasteiger partial charge in [-0.2, -0.15) is 0 Å². The lowest BCUT2D eigenvalue weighted by molar-refractivity contribution is -0.143. The van der Waals surface area contributed by atoms with Crippen molar-refractivity contribution in [2.45, 2.75) is 5.60 Å². The molecule has 1 atom stereocenters. The van der Waals surface area contributed by atoms with Crippen LogP contribution in [0.2, 0.25) is 0 Å². The third-order valence-electron chi connectivity index (χ3n) is 4.89. The zero-order valence-corrected chi connectivity index (χ0v) is 16.0. The molecule has 0 spiro atoms. The summed E-state index contributed by atoms with van der Waals surface area (Å²) in [5.41, 5.74) is 0.552. The van der Waals surface area contributed by atoms with Crippen LogP contribution in [-0.4, -0.2) is 31.3 Å². The molecule has 1 aliphatic heterocycles. The molecule has 0 aromatic heterocycles. The van der Waals surface area contributed by atoms with Crippen LogP contribution in [0.15, 0.2) is 66.7 Å². The van der Waals surface area contributed by atoms with Gasteiger partial charge in [0.2, 0.25) is 0 Å². The number of esters is 1. The third kappa shape index (κ3) is 3.20. The van der Waals surface area contributed by atoms with Crippen LogP contribution in [0.4, 0.5) is 0 Å². The number of benzene rings is 3. The number of fused-ring (bicyclic) bond motifs is 2. The van der Waals surface area contributed by atoms with E-state index in [4.69, 9.17) is 14.2 Å². The van der Waals surface area contributed by atoms with E-state index in [0.717, 1.165) is 0 Å². The molecule has 0 radical (unpaired) electrons. The first-order valence-corrected chi connectivity index (χ1v) is 9.11. The highest BCUT2D eigenvalue weighted by atomic mass is 16.6. The largest absolute Gasteiger partial charge is 0.508 e. The minimum atomic E-state index is -1.29. The van der Waals surface area contributed by atoms with Gasteiger partial charge in [0.15, 0.2) is 12.2 Å². The number of phenols is 1. The molecule has 0 aliphatic carbocycles. The van der Waals surface area contributed by atoms with Crippen molar-refractivity contribution >= 4 is 12.4 Å². The smallest absolute Gasteiger partial charge is 0.343 e. The van der Waals surface area contributed by atoms with E-state index in [-0.39, 0.29) is 12.4 Å². The zero-order valence-electron chi connectivity index (χ0n) is 16.0. The number of rotatable bonds is 6. The van der Waals surface area contributed by atoms with Crippen molar-refractivity contribution in [1.82, 2.24) is 0 Å². The van der Waals surface area contributed by atoms with Crippen molar-refractivity contribution in [2.24, 2.45) is 0 Å². The third-order valence-corrected chi connectivity index (χ3v) is 4.89. The topological polar surface area (TPSA) is 91.3 Å². The van der Waals surface area contributed by atoms with Gasteiger partial charge in [0.25, 0.3) is 6.47 Å². The predicted octanol–water partition coefficient (Wildman–Crippen LogP) is 3.51. The molecule has 1 N–H and O–H groups in total. The highest BCUT2D eigenvalue weighted by Crippen LogP contribution is 2.53. The standard InChI is InChI=1S/C23H18O7/c1-27-22(26)13-28-17-8-10-19-21(12-17)30-20-11-16(25)7-9-18(20)23(19,29-14-24)15-5-3-2-4-6-15/h2-12,14,25H,13H2,1H3. The van der Waals surface area contributed by atoms with Gasteiger partial charge in [-0.05, 0) is 24.3 Å². The Hall–Kier alpha value is -4.00. The molecule has 3 aromatic rings. The number of aromatic hydroxyl groups is 1. The molecule has 1 heterocycles. The summed E-state index contributed by atoms with van der Waals surface area (Å²) in [6.45, 7) is 0.127. The van der Waals surface area contributed by atoms with Gasteiger partial charge >= 0.3 is 5.97 Å². The molecule has 0 saturated heterocycles. The van der Waals surface area contributed by atoms with Crippen LogP contribution in [0.3, 0.4) is 0 Å². The highest BCUT2D eigenvalue weighted by Gasteiger charge is 2.46. The van der Waals surface area contributed by atoms with Crippen LogP contribution in [0, 0.1) is 0 Å². The van der Waals surface area contributed by atoms with Crippen molar-refractivity contribution in [3.05, 3.63) is 83.4 Å². The fourth-order valence-corrected chi connectivity index (χ4v) is 3.57. The van der Waals surface area contributed by atoms with Gasteiger partial charge in [-0.25, -0.2) is 4.79 Å². The first-order valence-electron chi connectivity index (χ1n) is 9.11. The summed E-state index contributed by atoms with van der Waals surface area (Å²) in [6, 6.07) is 18.8. The summed E-state index contributed by atoms with van der Waals surface area (Å²) in [6.07, 6.45) is 0. The molecule has 1 unspecified atom stereocenters. The van der Waals surface area contributed by atoms with Gasteiger partial charge in [-0.15, -0.1) is 0 Å². The SMILES string of the molecule is COC(=O)COc1ccc2c(c1)Oc1cc(O)ccc1C2(OC=O)c1ccccc1. The summed E-state index contributed by atoms with van der Waals surface area (Å²) in [5, 5.41) is 9.97. The van der Waals surface area contributed by atoms with Crippen molar-refractivity contribution in [3.63, 3.8) is 0 Å². The highest BCUT2D eigenvalue weighted by molar-refractivity contribution is 5.71. The quantitative estimate of drug-likeness (QED) is 0.495. The Balaban J connectivity index is 1.90.